The summed E-state index contributed by atoms with van der Waals surface area (Å²) in [5, 5.41) is 10.1. The molecule has 10 heteroatoms. The lowest BCUT2D eigenvalue weighted by Gasteiger charge is -2.25. The van der Waals surface area contributed by atoms with Crippen molar-refractivity contribution in [2.24, 2.45) is 0 Å². The molecule has 1 atom stereocenters. The van der Waals surface area contributed by atoms with Crippen molar-refractivity contribution in [3.63, 3.8) is 0 Å². The molecule has 3 rings (SSSR count). The summed E-state index contributed by atoms with van der Waals surface area (Å²) in [6, 6.07) is 22.4. The number of carbonyl (C=O) groups excluding carboxylic acids is 1. The summed E-state index contributed by atoms with van der Waals surface area (Å²) in [6.07, 6.45) is -4.30. The number of unbranched alkanes of at least 4 members (excludes halogenated alkanes) is 2. The number of hydrogen-bond donors (Lipinski definition) is 1. The SMILES string of the molecule is CN(CCCc1ccc(OC(CCCCCC(=O)O)C(=O)C(F)(F)F)cc1)CC(c1ccc(Cl)cc1)c1ccc(Cl)cc1. The minimum atomic E-state index is -5.02. The number of likely N-dealkylation sites (N-methyl/N-ethyl adjacent to an activating group) is 1. The number of carboxylic acids is 1. The van der Waals surface area contributed by atoms with Crippen LogP contribution in [0, 0.1) is 0 Å². The van der Waals surface area contributed by atoms with Gasteiger partial charge in [-0.2, -0.15) is 13.2 Å². The smallest absolute Gasteiger partial charge is 0.453 e. The van der Waals surface area contributed by atoms with Gasteiger partial charge in [0, 0.05) is 28.9 Å². The molecule has 0 saturated carbocycles. The van der Waals surface area contributed by atoms with Gasteiger partial charge in [0.25, 0.3) is 5.78 Å². The molecule has 0 spiro atoms. The number of rotatable bonds is 17. The Hall–Kier alpha value is -3.07. The minimum absolute atomic E-state index is 0.0682. The number of halogens is 5. The van der Waals surface area contributed by atoms with E-state index in [9.17, 15) is 22.8 Å². The van der Waals surface area contributed by atoms with Crippen LogP contribution >= 0.6 is 23.2 Å². The lowest BCUT2D eigenvalue weighted by Crippen LogP contribution is -2.38. The van der Waals surface area contributed by atoms with Crippen LogP contribution in [0.5, 0.6) is 5.75 Å². The number of carboxylic acid groups (broad SMARTS) is 1. The molecule has 0 aliphatic rings. The molecule has 1 unspecified atom stereocenters. The van der Waals surface area contributed by atoms with Gasteiger partial charge in [0.15, 0.2) is 6.10 Å². The predicted molar refractivity (Wildman–Crippen MR) is 163 cm³/mol. The number of benzene rings is 3. The van der Waals surface area contributed by atoms with Gasteiger partial charge in [-0.3, -0.25) is 9.59 Å². The Labute approximate surface area is 260 Å². The van der Waals surface area contributed by atoms with Gasteiger partial charge in [-0.25, -0.2) is 0 Å². The normalized spacial score (nSPS) is 12.5. The van der Waals surface area contributed by atoms with Crippen LogP contribution in [0.4, 0.5) is 13.2 Å². The van der Waals surface area contributed by atoms with Crippen LogP contribution in [0.2, 0.25) is 10.0 Å². The second kappa shape index (κ2) is 16.7. The van der Waals surface area contributed by atoms with E-state index in [1.165, 1.54) is 0 Å². The first-order valence-corrected chi connectivity index (χ1v) is 15.0. The van der Waals surface area contributed by atoms with Crippen molar-refractivity contribution in [1.82, 2.24) is 4.90 Å². The molecule has 5 nitrogen and oxygen atoms in total. The number of nitrogens with zero attached hydrogens (tertiary/aromatic N) is 1. The highest BCUT2D eigenvalue weighted by molar-refractivity contribution is 6.30. The second-order valence-corrected chi connectivity index (χ2v) is 11.5. The Bertz CT molecular complexity index is 1250. The summed E-state index contributed by atoms with van der Waals surface area (Å²) in [4.78, 5) is 24.8. The average molecular weight is 639 g/mol. The topological polar surface area (TPSA) is 66.8 Å². The maximum atomic E-state index is 13.1. The van der Waals surface area contributed by atoms with Gasteiger partial charge in [-0.15, -0.1) is 0 Å². The van der Waals surface area contributed by atoms with Crippen LogP contribution in [-0.2, 0) is 16.0 Å². The van der Waals surface area contributed by atoms with Crippen LogP contribution < -0.4 is 4.74 Å². The molecule has 0 radical (unpaired) electrons. The van der Waals surface area contributed by atoms with Gasteiger partial charge < -0.3 is 14.7 Å². The van der Waals surface area contributed by atoms with Gasteiger partial charge in [0.2, 0.25) is 0 Å². The number of aliphatic carboxylic acids is 1. The molecule has 43 heavy (non-hydrogen) atoms. The van der Waals surface area contributed by atoms with Crippen molar-refractivity contribution in [2.45, 2.75) is 63.1 Å². The Morgan fingerprint density at radius 2 is 1.40 bits per heavy atom. The van der Waals surface area contributed by atoms with Crippen LogP contribution in [-0.4, -0.2) is 54.2 Å². The lowest BCUT2D eigenvalue weighted by atomic mass is 9.91. The van der Waals surface area contributed by atoms with Crippen molar-refractivity contribution < 1.29 is 32.6 Å². The van der Waals surface area contributed by atoms with Gasteiger partial charge >= 0.3 is 12.1 Å². The molecule has 1 N–H and O–H groups in total. The second-order valence-electron chi connectivity index (χ2n) is 10.6. The van der Waals surface area contributed by atoms with E-state index in [0.717, 1.165) is 42.6 Å². The molecule has 0 saturated heterocycles. The fourth-order valence-corrected chi connectivity index (χ4v) is 5.11. The summed E-state index contributed by atoms with van der Waals surface area (Å²) in [5.74, 6) is -2.59. The van der Waals surface area contributed by atoms with Gasteiger partial charge in [0.1, 0.15) is 5.75 Å². The van der Waals surface area contributed by atoms with E-state index < -0.39 is 24.0 Å². The third-order valence-electron chi connectivity index (χ3n) is 7.17. The number of ether oxygens (including phenoxy) is 1. The van der Waals surface area contributed by atoms with Gasteiger partial charge in [-0.05, 0) is 98.8 Å². The Balaban J connectivity index is 1.54. The third-order valence-corrected chi connectivity index (χ3v) is 7.68. The molecular formula is C33H36Cl2F3NO4. The molecule has 0 heterocycles. The van der Waals surface area contributed by atoms with Gasteiger partial charge in [-0.1, -0.05) is 66.0 Å². The number of hydrogen-bond acceptors (Lipinski definition) is 4. The summed E-state index contributed by atoms with van der Waals surface area (Å²) in [5.41, 5.74) is 3.30. The first-order valence-electron chi connectivity index (χ1n) is 14.2. The maximum Gasteiger partial charge on any atom is 0.453 e. The first-order chi connectivity index (χ1) is 20.4. The number of Topliss-reactive ketones (excluding diaryl/α,β-unsaturated/α-hetero) is 1. The number of alkyl halides is 3. The zero-order valence-corrected chi connectivity index (χ0v) is 25.5. The number of ketones is 1. The Kier molecular flexibility index (Phi) is 13.4. The number of carbonyl (C=O) groups is 2. The molecular weight excluding hydrogens is 602 g/mol. The quantitative estimate of drug-likeness (QED) is 0.150. The number of aryl methyl sites for hydroxylation is 1. The highest BCUT2D eigenvalue weighted by atomic mass is 35.5. The summed E-state index contributed by atoms with van der Waals surface area (Å²) >= 11 is 12.2. The lowest BCUT2D eigenvalue weighted by molar-refractivity contribution is -0.178. The van der Waals surface area contributed by atoms with Crippen LogP contribution in [0.3, 0.4) is 0 Å². The molecule has 0 aliphatic carbocycles. The van der Waals surface area contributed by atoms with Crippen molar-refractivity contribution in [3.05, 3.63) is 99.5 Å². The summed E-state index contributed by atoms with van der Waals surface area (Å²) in [7, 11) is 2.06. The fraction of sp³-hybridized carbons (Fsp3) is 0.394. The van der Waals surface area contributed by atoms with Crippen LogP contribution in [0.1, 0.15) is 61.1 Å². The van der Waals surface area contributed by atoms with E-state index in [1.54, 1.807) is 24.3 Å². The summed E-state index contributed by atoms with van der Waals surface area (Å²) < 4.78 is 44.9. The zero-order valence-electron chi connectivity index (χ0n) is 24.0. The molecule has 232 valence electrons. The standard InChI is InChI=1S/C33H36Cl2F3NO4/c1-39(22-29(24-11-15-26(34)16-12-24)25-13-17-27(35)18-14-25)21-5-6-23-9-19-28(20-10-23)43-30(32(42)33(36,37)38)7-3-2-4-8-31(40)41/h9-20,29-30H,2-8,21-22H2,1H3,(H,40,41). The van der Waals surface area contributed by atoms with E-state index in [0.29, 0.717) is 22.9 Å². The molecule has 0 fully saturated rings. The average Bonchev–Trinajstić information content (AvgIpc) is 2.96. The Morgan fingerprint density at radius 1 is 0.837 bits per heavy atom. The molecule has 0 aromatic heterocycles. The monoisotopic (exact) mass is 637 g/mol. The highest BCUT2D eigenvalue weighted by Gasteiger charge is 2.44. The zero-order chi connectivity index (χ0) is 31.4. The molecule has 0 amide bonds. The predicted octanol–water partition coefficient (Wildman–Crippen LogP) is 8.60. The van der Waals surface area contributed by atoms with Crippen LogP contribution in [0.25, 0.3) is 0 Å². The van der Waals surface area contributed by atoms with E-state index >= 15 is 0 Å². The summed E-state index contributed by atoms with van der Waals surface area (Å²) in [6.45, 7) is 1.60. The maximum absolute atomic E-state index is 13.1. The van der Waals surface area contributed by atoms with Crippen molar-refractivity contribution in [3.8, 4) is 5.75 Å². The highest BCUT2D eigenvalue weighted by Crippen LogP contribution is 2.28. The molecule has 0 aliphatic heterocycles. The Morgan fingerprint density at radius 3 is 1.91 bits per heavy atom. The van der Waals surface area contributed by atoms with Crippen molar-refractivity contribution in [1.29, 1.82) is 0 Å². The van der Waals surface area contributed by atoms with E-state index in [4.69, 9.17) is 33.0 Å². The van der Waals surface area contributed by atoms with Crippen molar-refractivity contribution in [2.75, 3.05) is 20.1 Å². The largest absolute Gasteiger partial charge is 0.482 e. The van der Waals surface area contributed by atoms with Gasteiger partial charge in [0.05, 0.1) is 0 Å². The van der Waals surface area contributed by atoms with E-state index in [1.807, 2.05) is 48.5 Å². The fourth-order valence-electron chi connectivity index (χ4n) is 4.86. The first kappa shape index (κ1) is 34.4. The molecule has 3 aromatic carbocycles. The van der Waals surface area contributed by atoms with E-state index in [-0.39, 0.29) is 30.9 Å². The third kappa shape index (κ3) is 11.9. The van der Waals surface area contributed by atoms with Crippen LogP contribution in [0.15, 0.2) is 72.8 Å². The minimum Gasteiger partial charge on any atom is -0.482 e. The molecule has 3 aromatic rings. The van der Waals surface area contributed by atoms with Crippen molar-refractivity contribution >= 4 is 35.0 Å². The molecule has 0 bridgehead atoms. The van der Waals surface area contributed by atoms with E-state index in [2.05, 4.69) is 11.9 Å².